The molecule has 1 N–H and O–H groups in total. The van der Waals surface area contributed by atoms with E-state index in [9.17, 15) is 9.59 Å². The maximum Gasteiger partial charge on any atom is 0.280 e. The molecule has 31 heavy (non-hydrogen) atoms. The third-order valence-corrected chi connectivity index (χ3v) is 6.58. The molecule has 6 nitrogen and oxygen atoms in total. The maximum atomic E-state index is 13.2. The van der Waals surface area contributed by atoms with Gasteiger partial charge in [-0.1, -0.05) is 6.07 Å². The van der Waals surface area contributed by atoms with Crippen molar-refractivity contribution in [2.45, 2.75) is 46.1 Å². The topological polar surface area (TPSA) is 71.0 Å². The monoisotopic (exact) mass is 414 g/mol. The first kappa shape index (κ1) is 19.5. The minimum Gasteiger partial charge on any atom is -0.336 e. The van der Waals surface area contributed by atoms with Crippen LogP contribution in [0.5, 0.6) is 0 Å². The highest BCUT2D eigenvalue weighted by atomic mass is 16.2. The number of aromatic amines is 1. The van der Waals surface area contributed by atoms with Gasteiger partial charge in [-0.15, -0.1) is 0 Å². The molecular formula is C25H26N4O2. The molecule has 0 saturated carbocycles. The molecule has 1 amide bonds. The summed E-state index contributed by atoms with van der Waals surface area (Å²) in [6, 6.07) is 11.8. The third kappa shape index (κ3) is 3.23. The number of piperidine rings is 1. The molecule has 3 heterocycles. The molecule has 5 rings (SSSR count). The van der Waals surface area contributed by atoms with Gasteiger partial charge in [0.25, 0.3) is 11.5 Å². The van der Waals surface area contributed by atoms with Crippen molar-refractivity contribution in [3.8, 4) is 5.69 Å². The van der Waals surface area contributed by atoms with Crippen LogP contribution in [-0.2, 0) is 0 Å². The minimum atomic E-state index is -0.144. The SMILES string of the molecule is Cc1ccc(-n2[nH]c3c(cnc4ccc(C(=O)N5CCCC[C@@H]5C)cc43)c2=O)cc1C. The molecule has 1 fully saturated rings. The number of H-pyrrole nitrogens is 1. The van der Waals surface area contributed by atoms with E-state index < -0.39 is 0 Å². The van der Waals surface area contributed by atoms with Crippen molar-refractivity contribution < 1.29 is 4.79 Å². The lowest BCUT2D eigenvalue weighted by Gasteiger charge is -2.33. The number of nitrogens with zero attached hydrogens (tertiary/aromatic N) is 3. The fourth-order valence-electron chi connectivity index (χ4n) is 4.50. The van der Waals surface area contributed by atoms with Gasteiger partial charge in [0, 0.05) is 29.7 Å². The summed E-state index contributed by atoms with van der Waals surface area (Å²) in [4.78, 5) is 32.7. The standard InChI is InChI=1S/C25H26N4O2/c1-15-7-9-19(12-16(15)2)29-25(31)21-14-26-22-10-8-18(13-20(22)23(21)27-29)24(30)28-11-5-4-6-17(28)3/h7-10,12-14,17,27H,4-6,11H2,1-3H3/t17-/m0/s1. The molecule has 0 spiro atoms. The molecule has 0 radical (unpaired) electrons. The molecule has 6 heteroatoms. The van der Waals surface area contributed by atoms with Crippen molar-refractivity contribution in [2.24, 2.45) is 0 Å². The van der Waals surface area contributed by atoms with E-state index in [-0.39, 0.29) is 17.5 Å². The highest BCUT2D eigenvalue weighted by Crippen LogP contribution is 2.25. The molecule has 1 aliphatic heterocycles. The van der Waals surface area contributed by atoms with Crippen LogP contribution in [0.3, 0.4) is 0 Å². The third-order valence-electron chi connectivity index (χ3n) is 6.58. The first-order chi connectivity index (χ1) is 14.9. The Kier molecular flexibility index (Phi) is 4.65. The first-order valence-electron chi connectivity index (χ1n) is 10.9. The lowest BCUT2D eigenvalue weighted by atomic mass is 10.0. The number of likely N-dealkylation sites (tertiary alicyclic amines) is 1. The number of benzene rings is 2. The van der Waals surface area contributed by atoms with Gasteiger partial charge in [-0.05, 0) is 81.5 Å². The zero-order valence-electron chi connectivity index (χ0n) is 18.1. The molecule has 4 aromatic rings. The Morgan fingerprint density at radius 1 is 1.06 bits per heavy atom. The Morgan fingerprint density at radius 3 is 2.68 bits per heavy atom. The number of nitrogens with one attached hydrogen (secondary N) is 1. The van der Waals surface area contributed by atoms with Crippen molar-refractivity contribution in [3.63, 3.8) is 0 Å². The predicted octanol–water partition coefficient (Wildman–Crippen LogP) is 4.50. The average molecular weight is 415 g/mol. The number of carbonyl (C=O) groups excluding carboxylic acids is 1. The van der Waals surface area contributed by atoms with E-state index in [1.807, 2.05) is 55.1 Å². The van der Waals surface area contributed by atoms with E-state index in [0.29, 0.717) is 16.5 Å². The Balaban J connectivity index is 1.65. The number of pyridine rings is 1. The lowest BCUT2D eigenvalue weighted by Crippen LogP contribution is -2.42. The highest BCUT2D eigenvalue weighted by Gasteiger charge is 2.24. The summed E-state index contributed by atoms with van der Waals surface area (Å²) in [5.41, 5.74) is 5.03. The van der Waals surface area contributed by atoms with Crippen LogP contribution in [0.4, 0.5) is 0 Å². The van der Waals surface area contributed by atoms with Crippen LogP contribution < -0.4 is 5.56 Å². The van der Waals surface area contributed by atoms with Crippen LogP contribution in [0, 0.1) is 13.8 Å². The number of carbonyl (C=O) groups is 1. The summed E-state index contributed by atoms with van der Waals surface area (Å²) in [5.74, 6) is 0.0436. The van der Waals surface area contributed by atoms with Gasteiger partial charge in [-0.25, -0.2) is 4.68 Å². The Labute approximate surface area is 180 Å². The van der Waals surface area contributed by atoms with Crippen molar-refractivity contribution >= 4 is 27.7 Å². The van der Waals surface area contributed by atoms with Crippen LogP contribution in [-0.4, -0.2) is 38.2 Å². The zero-order valence-corrected chi connectivity index (χ0v) is 18.1. The summed E-state index contributed by atoms with van der Waals surface area (Å²) in [7, 11) is 0. The van der Waals surface area contributed by atoms with Gasteiger partial charge < -0.3 is 4.90 Å². The number of aromatic nitrogens is 3. The first-order valence-corrected chi connectivity index (χ1v) is 10.9. The smallest absolute Gasteiger partial charge is 0.280 e. The molecule has 0 unspecified atom stereocenters. The number of aryl methyl sites for hydroxylation is 2. The molecule has 2 aromatic carbocycles. The lowest BCUT2D eigenvalue weighted by molar-refractivity contribution is 0.0636. The minimum absolute atomic E-state index is 0.0436. The van der Waals surface area contributed by atoms with Crippen molar-refractivity contribution in [1.82, 2.24) is 19.7 Å². The van der Waals surface area contributed by atoms with Crippen molar-refractivity contribution in [1.29, 1.82) is 0 Å². The van der Waals surface area contributed by atoms with Gasteiger partial charge in [0.2, 0.25) is 0 Å². The molecule has 1 saturated heterocycles. The summed E-state index contributed by atoms with van der Waals surface area (Å²) in [6.45, 7) is 6.98. The maximum absolute atomic E-state index is 13.2. The van der Waals surface area contributed by atoms with E-state index >= 15 is 0 Å². The summed E-state index contributed by atoms with van der Waals surface area (Å²) in [5, 5.41) is 4.56. The molecule has 2 aromatic heterocycles. The number of fused-ring (bicyclic) bond motifs is 3. The molecule has 1 aliphatic rings. The average Bonchev–Trinajstić information content (AvgIpc) is 3.12. The van der Waals surface area contributed by atoms with E-state index in [0.717, 1.165) is 41.5 Å². The van der Waals surface area contributed by atoms with Gasteiger partial charge in [0.05, 0.1) is 22.1 Å². The van der Waals surface area contributed by atoms with Gasteiger partial charge in [-0.3, -0.25) is 19.7 Å². The second-order valence-electron chi connectivity index (χ2n) is 8.64. The van der Waals surface area contributed by atoms with Gasteiger partial charge in [0.1, 0.15) is 0 Å². The quantitative estimate of drug-likeness (QED) is 0.525. The molecule has 0 bridgehead atoms. The number of hydrogen-bond donors (Lipinski definition) is 1. The normalized spacial score (nSPS) is 16.9. The molecule has 1 atom stereocenters. The van der Waals surface area contributed by atoms with E-state index in [2.05, 4.69) is 17.0 Å². The fraction of sp³-hybridized carbons (Fsp3) is 0.320. The Hall–Kier alpha value is -3.41. The van der Waals surface area contributed by atoms with E-state index in [1.165, 1.54) is 12.0 Å². The molecular weight excluding hydrogens is 388 g/mol. The fourth-order valence-corrected chi connectivity index (χ4v) is 4.50. The van der Waals surface area contributed by atoms with Gasteiger partial charge in [-0.2, -0.15) is 0 Å². The highest BCUT2D eigenvalue weighted by molar-refractivity contribution is 6.06. The van der Waals surface area contributed by atoms with E-state index in [4.69, 9.17) is 0 Å². The van der Waals surface area contributed by atoms with Crippen LogP contribution >= 0.6 is 0 Å². The number of rotatable bonds is 2. The molecule has 158 valence electrons. The number of amides is 1. The van der Waals surface area contributed by atoms with Crippen LogP contribution in [0.15, 0.2) is 47.4 Å². The Morgan fingerprint density at radius 2 is 1.90 bits per heavy atom. The largest absolute Gasteiger partial charge is 0.336 e. The Bertz CT molecular complexity index is 1380. The summed E-state index contributed by atoms with van der Waals surface area (Å²) < 4.78 is 1.55. The van der Waals surface area contributed by atoms with Gasteiger partial charge >= 0.3 is 0 Å². The second kappa shape index (κ2) is 7.38. The zero-order chi connectivity index (χ0) is 21.7. The number of hydrogen-bond acceptors (Lipinski definition) is 3. The molecule has 0 aliphatic carbocycles. The van der Waals surface area contributed by atoms with Crippen LogP contribution in [0.25, 0.3) is 27.5 Å². The van der Waals surface area contributed by atoms with Gasteiger partial charge in [0.15, 0.2) is 0 Å². The predicted molar refractivity (Wildman–Crippen MR) is 123 cm³/mol. The second-order valence-corrected chi connectivity index (χ2v) is 8.64. The van der Waals surface area contributed by atoms with Crippen molar-refractivity contribution in [3.05, 3.63) is 69.6 Å². The van der Waals surface area contributed by atoms with Crippen LogP contribution in [0.2, 0.25) is 0 Å². The van der Waals surface area contributed by atoms with Crippen molar-refractivity contribution in [2.75, 3.05) is 6.54 Å². The summed E-state index contributed by atoms with van der Waals surface area (Å²) >= 11 is 0. The van der Waals surface area contributed by atoms with Crippen LogP contribution in [0.1, 0.15) is 47.7 Å². The van der Waals surface area contributed by atoms with E-state index in [1.54, 1.807) is 10.9 Å². The summed E-state index contributed by atoms with van der Waals surface area (Å²) in [6.07, 6.45) is 4.86.